The molecule has 1 aromatic rings. The lowest BCUT2D eigenvalue weighted by Crippen LogP contribution is -2.21. The van der Waals surface area contributed by atoms with Crippen LogP contribution in [0, 0.1) is 0 Å². The van der Waals surface area contributed by atoms with E-state index in [9.17, 15) is 13.2 Å². The molecule has 5 heteroatoms. The van der Waals surface area contributed by atoms with E-state index >= 15 is 0 Å². The van der Waals surface area contributed by atoms with Gasteiger partial charge < -0.3 is 10.1 Å². The van der Waals surface area contributed by atoms with Crippen LogP contribution in [0.25, 0.3) is 0 Å². The molecule has 1 atom stereocenters. The Morgan fingerprint density at radius 3 is 2.25 bits per heavy atom. The Balaban J connectivity index is 2.67. The zero-order valence-electron chi connectivity index (χ0n) is 12.0. The first-order valence-electron chi connectivity index (χ1n) is 7.05. The molecule has 20 heavy (non-hydrogen) atoms. The molecule has 0 fully saturated rings. The molecular weight excluding hydrogens is 267 g/mol. The number of halogens is 3. The predicted molar refractivity (Wildman–Crippen MR) is 73.7 cm³/mol. The first-order valence-corrected chi connectivity index (χ1v) is 7.05. The number of unbranched alkanes of at least 4 members (excludes halogenated alkanes) is 2. The number of hydrogen-bond donors (Lipinski definition) is 1. The lowest BCUT2D eigenvalue weighted by molar-refractivity contribution is -0.274. The van der Waals surface area contributed by atoms with Crippen molar-refractivity contribution in [3.05, 3.63) is 29.8 Å². The Bertz CT molecular complexity index is 376. The highest BCUT2D eigenvalue weighted by Gasteiger charge is 2.31. The van der Waals surface area contributed by atoms with Gasteiger partial charge in [-0.25, -0.2) is 0 Å². The predicted octanol–water partition coefficient (Wildman–Crippen LogP) is 4.82. The number of rotatable bonds is 8. The summed E-state index contributed by atoms with van der Waals surface area (Å²) in [5.74, 6) is -0.176. The van der Waals surface area contributed by atoms with Crippen LogP contribution in [-0.4, -0.2) is 12.9 Å². The van der Waals surface area contributed by atoms with E-state index in [1.165, 1.54) is 12.1 Å². The SMILES string of the molecule is CCCCCC(NCC)c1ccc(OC(F)(F)F)cc1. The van der Waals surface area contributed by atoms with Crippen LogP contribution in [0.3, 0.4) is 0 Å². The standard InChI is InChI=1S/C15H22F3NO/c1-3-5-6-7-14(19-4-2)12-8-10-13(11-9-12)20-15(16,17)18/h8-11,14,19H,3-7H2,1-2H3. The van der Waals surface area contributed by atoms with Gasteiger partial charge in [-0.15, -0.1) is 13.2 Å². The third-order valence-corrected chi connectivity index (χ3v) is 3.06. The van der Waals surface area contributed by atoms with Gasteiger partial charge in [0.1, 0.15) is 5.75 Å². The Hall–Kier alpha value is -1.23. The van der Waals surface area contributed by atoms with E-state index < -0.39 is 6.36 Å². The lowest BCUT2D eigenvalue weighted by atomic mass is 10.0. The highest BCUT2D eigenvalue weighted by Crippen LogP contribution is 2.26. The van der Waals surface area contributed by atoms with Crippen LogP contribution < -0.4 is 10.1 Å². The monoisotopic (exact) mass is 289 g/mol. The summed E-state index contributed by atoms with van der Waals surface area (Å²) in [6, 6.07) is 6.31. The maximum atomic E-state index is 12.1. The number of hydrogen-bond acceptors (Lipinski definition) is 2. The van der Waals surface area contributed by atoms with Crippen molar-refractivity contribution in [3.63, 3.8) is 0 Å². The van der Waals surface area contributed by atoms with Gasteiger partial charge in [-0.2, -0.15) is 0 Å². The molecule has 0 aromatic heterocycles. The smallest absolute Gasteiger partial charge is 0.406 e. The largest absolute Gasteiger partial charge is 0.573 e. The van der Waals surface area contributed by atoms with Crippen LogP contribution >= 0.6 is 0 Å². The maximum Gasteiger partial charge on any atom is 0.573 e. The van der Waals surface area contributed by atoms with Gasteiger partial charge >= 0.3 is 6.36 Å². The molecule has 0 aliphatic carbocycles. The van der Waals surface area contributed by atoms with E-state index in [0.29, 0.717) is 0 Å². The van der Waals surface area contributed by atoms with Crippen molar-refractivity contribution in [2.75, 3.05) is 6.54 Å². The van der Waals surface area contributed by atoms with Crippen molar-refractivity contribution in [2.24, 2.45) is 0 Å². The Kier molecular flexibility index (Phi) is 6.85. The minimum atomic E-state index is -4.64. The second kappa shape index (κ2) is 8.15. The molecule has 0 amide bonds. The summed E-state index contributed by atoms with van der Waals surface area (Å²) in [4.78, 5) is 0. The summed E-state index contributed by atoms with van der Waals surface area (Å²) in [6.07, 6.45) is -0.228. The Morgan fingerprint density at radius 1 is 1.10 bits per heavy atom. The molecule has 114 valence electrons. The Morgan fingerprint density at radius 2 is 1.75 bits per heavy atom. The zero-order chi connectivity index (χ0) is 15.0. The van der Waals surface area contributed by atoms with E-state index in [2.05, 4.69) is 17.0 Å². The molecule has 0 aliphatic heterocycles. The van der Waals surface area contributed by atoms with Gasteiger partial charge in [-0.3, -0.25) is 0 Å². The third kappa shape index (κ3) is 6.28. The summed E-state index contributed by atoms with van der Waals surface area (Å²) in [5.41, 5.74) is 0.998. The van der Waals surface area contributed by atoms with Gasteiger partial charge in [0, 0.05) is 6.04 Å². The molecule has 0 spiro atoms. The van der Waals surface area contributed by atoms with Gasteiger partial charge in [0.25, 0.3) is 0 Å². The van der Waals surface area contributed by atoms with Crippen molar-refractivity contribution in [1.29, 1.82) is 0 Å². The van der Waals surface area contributed by atoms with Gasteiger partial charge in [-0.1, -0.05) is 45.2 Å². The van der Waals surface area contributed by atoms with E-state index in [0.717, 1.165) is 37.8 Å². The normalized spacial score (nSPS) is 13.2. The number of benzene rings is 1. The summed E-state index contributed by atoms with van der Waals surface area (Å²) >= 11 is 0. The number of nitrogens with one attached hydrogen (secondary N) is 1. The first kappa shape index (κ1) is 16.8. The van der Waals surface area contributed by atoms with Crippen molar-refractivity contribution in [2.45, 2.75) is 51.9 Å². The fourth-order valence-corrected chi connectivity index (χ4v) is 2.13. The van der Waals surface area contributed by atoms with Crippen LogP contribution in [-0.2, 0) is 0 Å². The zero-order valence-corrected chi connectivity index (χ0v) is 12.0. The summed E-state index contributed by atoms with van der Waals surface area (Å²) in [7, 11) is 0. The lowest BCUT2D eigenvalue weighted by Gasteiger charge is -2.19. The van der Waals surface area contributed by atoms with Gasteiger partial charge in [0.2, 0.25) is 0 Å². The van der Waals surface area contributed by atoms with Crippen LogP contribution in [0.1, 0.15) is 51.1 Å². The van der Waals surface area contributed by atoms with Crippen LogP contribution in [0.4, 0.5) is 13.2 Å². The molecule has 0 heterocycles. The average Bonchev–Trinajstić information content (AvgIpc) is 2.37. The van der Waals surface area contributed by atoms with E-state index in [-0.39, 0.29) is 11.8 Å². The molecule has 1 unspecified atom stereocenters. The highest BCUT2D eigenvalue weighted by atomic mass is 19.4. The first-order chi connectivity index (χ1) is 9.46. The second-order valence-electron chi connectivity index (χ2n) is 4.72. The van der Waals surface area contributed by atoms with Crippen molar-refractivity contribution in [3.8, 4) is 5.75 Å². The fraction of sp³-hybridized carbons (Fsp3) is 0.600. The fourth-order valence-electron chi connectivity index (χ4n) is 2.13. The average molecular weight is 289 g/mol. The Labute approximate surface area is 118 Å². The molecule has 0 aliphatic rings. The van der Waals surface area contributed by atoms with E-state index in [4.69, 9.17) is 0 Å². The number of ether oxygens (including phenoxy) is 1. The molecule has 2 nitrogen and oxygen atoms in total. The summed E-state index contributed by atoms with van der Waals surface area (Å²) in [5, 5.41) is 3.36. The van der Waals surface area contributed by atoms with Gasteiger partial charge in [-0.05, 0) is 30.7 Å². The molecule has 1 aromatic carbocycles. The van der Waals surface area contributed by atoms with Crippen LogP contribution in [0.2, 0.25) is 0 Å². The molecule has 0 bridgehead atoms. The van der Waals surface area contributed by atoms with Crippen molar-refractivity contribution >= 4 is 0 Å². The van der Waals surface area contributed by atoms with E-state index in [1.54, 1.807) is 12.1 Å². The minimum absolute atomic E-state index is 0.176. The van der Waals surface area contributed by atoms with Crippen LogP contribution in [0.15, 0.2) is 24.3 Å². The minimum Gasteiger partial charge on any atom is -0.406 e. The topological polar surface area (TPSA) is 21.3 Å². The van der Waals surface area contributed by atoms with E-state index in [1.807, 2.05) is 6.92 Å². The van der Waals surface area contributed by atoms with Gasteiger partial charge in [0.05, 0.1) is 0 Å². The molecule has 0 saturated heterocycles. The van der Waals surface area contributed by atoms with Crippen LogP contribution in [0.5, 0.6) is 5.75 Å². The maximum absolute atomic E-state index is 12.1. The third-order valence-electron chi connectivity index (χ3n) is 3.06. The second-order valence-corrected chi connectivity index (χ2v) is 4.72. The van der Waals surface area contributed by atoms with Crippen molar-refractivity contribution < 1.29 is 17.9 Å². The highest BCUT2D eigenvalue weighted by molar-refractivity contribution is 5.29. The molecule has 1 rings (SSSR count). The molecule has 0 saturated carbocycles. The van der Waals surface area contributed by atoms with Gasteiger partial charge in [0.15, 0.2) is 0 Å². The molecular formula is C15H22F3NO. The molecule has 1 N–H and O–H groups in total. The van der Waals surface area contributed by atoms with Crippen molar-refractivity contribution in [1.82, 2.24) is 5.32 Å². The quantitative estimate of drug-likeness (QED) is 0.693. The molecule has 0 radical (unpaired) electrons. The summed E-state index contributed by atoms with van der Waals surface area (Å²) < 4.78 is 40.2. The summed E-state index contributed by atoms with van der Waals surface area (Å²) in [6.45, 7) is 5.00. The number of alkyl halides is 3.